The lowest BCUT2D eigenvalue weighted by Gasteiger charge is -2.35. The van der Waals surface area contributed by atoms with E-state index in [-0.39, 0.29) is 12.0 Å². The fraction of sp³-hybridized carbons (Fsp3) is 1.00. The summed E-state index contributed by atoms with van der Waals surface area (Å²) < 4.78 is 46.0. The zero-order valence-electron chi connectivity index (χ0n) is 8.99. The molecular weight excluding hydrogens is 289 g/mol. The minimum atomic E-state index is -4.13. The van der Waals surface area contributed by atoms with Gasteiger partial charge in [-0.3, -0.25) is 0 Å². The van der Waals surface area contributed by atoms with E-state index in [4.69, 9.17) is 9.47 Å². The standard InChI is InChI=1S/C10H16BrF3O2/c11-7-9(1-4-15-5-2-9)8-16-6-3-10(12,13)14/h1-8H2. The van der Waals surface area contributed by atoms with Crippen LogP contribution in [-0.2, 0) is 9.47 Å². The predicted molar refractivity (Wildman–Crippen MR) is 57.8 cm³/mol. The SMILES string of the molecule is FC(F)(F)CCOCC1(CBr)CCOCC1. The van der Waals surface area contributed by atoms with Crippen LogP contribution < -0.4 is 0 Å². The Morgan fingerprint density at radius 2 is 1.88 bits per heavy atom. The Kier molecular flexibility index (Phi) is 5.53. The molecule has 0 aromatic rings. The molecule has 1 aliphatic heterocycles. The highest BCUT2D eigenvalue weighted by Crippen LogP contribution is 2.33. The van der Waals surface area contributed by atoms with Crippen molar-refractivity contribution in [3.63, 3.8) is 0 Å². The third-order valence-corrected chi connectivity index (χ3v) is 3.96. The second-order valence-corrected chi connectivity index (χ2v) is 4.72. The molecule has 0 N–H and O–H groups in total. The van der Waals surface area contributed by atoms with E-state index in [1.165, 1.54) is 0 Å². The largest absolute Gasteiger partial charge is 0.391 e. The Bertz CT molecular complexity index is 203. The van der Waals surface area contributed by atoms with Crippen molar-refractivity contribution in [2.24, 2.45) is 5.41 Å². The summed E-state index contributed by atoms with van der Waals surface area (Å²) in [6.07, 6.45) is -3.33. The zero-order valence-corrected chi connectivity index (χ0v) is 10.6. The van der Waals surface area contributed by atoms with Crippen molar-refractivity contribution in [2.45, 2.75) is 25.4 Å². The predicted octanol–water partition coefficient (Wildman–Crippen LogP) is 3.15. The van der Waals surface area contributed by atoms with Crippen LogP contribution in [0.5, 0.6) is 0 Å². The number of ether oxygens (including phenoxy) is 2. The van der Waals surface area contributed by atoms with Gasteiger partial charge in [-0.15, -0.1) is 0 Å². The van der Waals surface area contributed by atoms with Crippen molar-refractivity contribution in [1.29, 1.82) is 0 Å². The average Bonchev–Trinajstić information content (AvgIpc) is 2.25. The van der Waals surface area contributed by atoms with Gasteiger partial charge < -0.3 is 9.47 Å². The Labute approximate surface area is 102 Å². The molecular formula is C10H16BrF3O2. The van der Waals surface area contributed by atoms with Gasteiger partial charge in [0.05, 0.1) is 19.6 Å². The summed E-state index contributed by atoms with van der Waals surface area (Å²) in [6.45, 7) is 1.44. The Hall–Kier alpha value is 0.190. The highest BCUT2D eigenvalue weighted by Gasteiger charge is 2.32. The molecule has 0 amide bonds. The number of alkyl halides is 4. The van der Waals surface area contributed by atoms with Gasteiger partial charge in [0, 0.05) is 24.0 Å². The van der Waals surface area contributed by atoms with Crippen LogP contribution in [0.15, 0.2) is 0 Å². The van der Waals surface area contributed by atoms with Crippen LogP contribution in [0, 0.1) is 5.41 Å². The summed E-state index contributed by atoms with van der Waals surface area (Å²) in [7, 11) is 0. The monoisotopic (exact) mass is 304 g/mol. The van der Waals surface area contributed by atoms with Crippen molar-refractivity contribution in [2.75, 3.05) is 31.8 Å². The maximum Gasteiger partial charge on any atom is 0.391 e. The van der Waals surface area contributed by atoms with Gasteiger partial charge in [0.25, 0.3) is 0 Å². The molecule has 6 heteroatoms. The molecule has 96 valence electrons. The van der Waals surface area contributed by atoms with Gasteiger partial charge in [-0.2, -0.15) is 13.2 Å². The molecule has 0 aromatic carbocycles. The number of rotatable bonds is 5. The van der Waals surface area contributed by atoms with E-state index in [9.17, 15) is 13.2 Å². The van der Waals surface area contributed by atoms with E-state index in [0.29, 0.717) is 19.8 Å². The fourth-order valence-corrected chi connectivity index (χ4v) is 2.32. The molecule has 0 aliphatic carbocycles. The molecule has 0 bridgehead atoms. The molecule has 0 spiro atoms. The lowest BCUT2D eigenvalue weighted by Crippen LogP contribution is -2.36. The zero-order chi connectivity index (χ0) is 12.1. The quantitative estimate of drug-likeness (QED) is 0.574. The Morgan fingerprint density at radius 3 is 2.38 bits per heavy atom. The van der Waals surface area contributed by atoms with Crippen LogP contribution in [0.2, 0.25) is 0 Å². The average molecular weight is 305 g/mol. The molecule has 16 heavy (non-hydrogen) atoms. The van der Waals surface area contributed by atoms with E-state index >= 15 is 0 Å². The number of hydrogen-bond donors (Lipinski definition) is 0. The summed E-state index contributed by atoms with van der Waals surface area (Å²) in [4.78, 5) is 0. The van der Waals surface area contributed by atoms with Crippen LogP contribution in [-0.4, -0.2) is 37.9 Å². The summed E-state index contributed by atoms with van der Waals surface area (Å²) in [5.41, 5.74) is -0.0517. The van der Waals surface area contributed by atoms with Gasteiger partial charge in [-0.1, -0.05) is 15.9 Å². The van der Waals surface area contributed by atoms with Gasteiger partial charge in [-0.05, 0) is 12.8 Å². The topological polar surface area (TPSA) is 18.5 Å². The smallest absolute Gasteiger partial charge is 0.381 e. The second kappa shape index (κ2) is 6.21. The number of halogens is 4. The fourth-order valence-electron chi connectivity index (χ4n) is 1.60. The first-order valence-corrected chi connectivity index (χ1v) is 6.38. The minimum absolute atomic E-state index is 0.0517. The molecule has 0 radical (unpaired) electrons. The van der Waals surface area contributed by atoms with Crippen LogP contribution in [0.1, 0.15) is 19.3 Å². The third kappa shape index (κ3) is 5.01. The molecule has 0 aromatic heterocycles. The molecule has 1 rings (SSSR count). The van der Waals surface area contributed by atoms with Gasteiger partial charge in [0.15, 0.2) is 0 Å². The lowest BCUT2D eigenvalue weighted by molar-refractivity contribution is -0.148. The lowest BCUT2D eigenvalue weighted by atomic mass is 9.83. The van der Waals surface area contributed by atoms with Crippen molar-refractivity contribution in [3.05, 3.63) is 0 Å². The van der Waals surface area contributed by atoms with Crippen molar-refractivity contribution in [1.82, 2.24) is 0 Å². The third-order valence-electron chi connectivity index (χ3n) is 2.78. The molecule has 0 atom stereocenters. The van der Waals surface area contributed by atoms with E-state index < -0.39 is 12.6 Å². The van der Waals surface area contributed by atoms with Crippen molar-refractivity contribution in [3.8, 4) is 0 Å². The second-order valence-electron chi connectivity index (χ2n) is 4.16. The summed E-state index contributed by atoms with van der Waals surface area (Å²) in [5, 5.41) is 0.745. The summed E-state index contributed by atoms with van der Waals surface area (Å²) in [6, 6.07) is 0. The molecule has 1 heterocycles. The molecule has 0 unspecified atom stereocenters. The Morgan fingerprint density at radius 1 is 1.25 bits per heavy atom. The maximum atomic E-state index is 11.9. The molecule has 1 saturated heterocycles. The number of hydrogen-bond acceptors (Lipinski definition) is 2. The van der Waals surface area contributed by atoms with Gasteiger partial charge >= 0.3 is 6.18 Å². The first kappa shape index (κ1) is 14.3. The minimum Gasteiger partial charge on any atom is -0.381 e. The molecule has 0 saturated carbocycles. The van der Waals surface area contributed by atoms with Gasteiger partial charge in [-0.25, -0.2) is 0 Å². The van der Waals surface area contributed by atoms with Crippen LogP contribution in [0.25, 0.3) is 0 Å². The summed E-state index contributed by atoms with van der Waals surface area (Å²) in [5.74, 6) is 0. The van der Waals surface area contributed by atoms with Crippen molar-refractivity contribution >= 4 is 15.9 Å². The highest BCUT2D eigenvalue weighted by molar-refractivity contribution is 9.09. The van der Waals surface area contributed by atoms with Crippen molar-refractivity contribution < 1.29 is 22.6 Å². The van der Waals surface area contributed by atoms with Crippen LogP contribution in [0.3, 0.4) is 0 Å². The first-order chi connectivity index (χ1) is 7.47. The highest BCUT2D eigenvalue weighted by atomic mass is 79.9. The summed E-state index contributed by atoms with van der Waals surface area (Å²) >= 11 is 3.40. The normalized spacial score (nSPS) is 21.0. The molecule has 1 aliphatic rings. The van der Waals surface area contributed by atoms with Crippen LogP contribution >= 0.6 is 15.9 Å². The maximum absolute atomic E-state index is 11.9. The Balaban J connectivity index is 2.23. The van der Waals surface area contributed by atoms with E-state index in [1.807, 2.05) is 0 Å². The van der Waals surface area contributed by atoms with Crippen LogP contribution in [0.4, 0.5) is 13.2 Å². The first-order valence-electron chi connectivity index (χ1n) is 5.26. The van der Waals surface area contributed by atoms with E-state index in [0.717, 1.165) is 18.2 Å². The van der Waals surface area contributed by atoms with Gasteiger partial charge in [0.1, 0.15) is 0 Å². The molecule has 2 nitrogen and oxygen atoms in total. The molecule has 1 fully saturated rings. The van der Waals surface area contributed by atoms with Gasteiger partial charge in [0.2, 0.25) is 0 Å². The van der Waals surface area contributed by atoms with E-state index in [1.54, 1.807) is 0 Å². The van der Waals surface area contributed by atoms with E-state index in [2.05, 4.69) is 15.9 Å².